The first-order valence-corrected chi connectivity index (χ1v) is 15.8. The fraction of sp³-hybridized carbons (Fsp3) is 0.250. The van der Waals surface area contributed by atoms with E-state index in [1.807, 2.05) is 67.6 Å². The summed E-state index contributed by atoms with van der Waals surface area (Å²) in [6, 6.07) is 22.0. The molecule has 2 aliphatic heterocycles. The number of carboxylic acids is 1. The number of carboxylic acid groups (broad SMARTS) is 1. The third kappa shape index (κ3) is 6.66. The lowest BCUT2D eigenvalue weighted by molar-refractivity contribution is -0.143. The summed E-state index contributed by atoms with van der Waals surface area (Å²) in [5, 5.41) is 7.42. The summed E-state index contributed by atoms with van der Waals surface area (Å²) in [5.41, 5.74) is 4.96. The summed E-state index contributed by atoms with van der Waals surface area (Å²) < 4.78 is 12.7. The number of hydrogen-bond donors (Lipinski definition) is 1. The number of carbonyl (C=O) groups is 3. The molecule has 1 unspecified atom stereocenters. The number of ether oxygens (including phenoxy) is 2. The summed E-state index contributed by atoms with van der Waals surface area (Å²) >= 11 is 1.16. The monoisotopic (exact) mass is 653 g/mol. The molecule has 3 aromatic carbocycles. The zero-order valence-corrected chi connectivity index (χ0v) is 27.8. The number of benzene rings is 3. The van der Waals surface area contributed by atoms with Crippen LogP contribution < -0.4 is 24.5 Å². The van der Waals surface area contributed by atoms with E-state index < -0.39 is 18.0 Å². The first-order valence-electron chi connectivity index (χ1n) is 15.0. The molecule has 0 aliphatic carbocycles. The van der Waals surface area contributed by atoms with Gasteiger partial charge < -0.3 is 19.5 Å². The van der Waals surface area contributed by atoms with Gasteiger partial charge in [0.2, 0.25) is 0 Å². The van der Waals surface area contributed by atoms with Gasteiger partial charge in [0.05, 0.1) is 48.3 Å². The van der Waals surface area contributed by atoms with E-state index in [-0.39, 0.29) is 27.7 Å². The Morgan fingerprint density at radius 3 is 2.23 bits per heavy atom. The van der Waals surface area contributed by atoms with Gasteiger partial charge in [-0.15, -0.1) is 0 Å². The highest BCUT2D eigenvalue weighted by atomic mass is 32.1. The molecule has 0 bridgehead atoms. The van der Waals surface area contributed by atoms with Crippen molar-refractivity contribution in [3.8, 4) is 5.75 Å². The topological polar surface area (TPSA) is 128 Å². The van der Waals surface area contributed by atoms with Crippen LogP contribution in [-0.2, 0) is 25.7 Å². The number of carbonyl (C=O) groups excluding carboxylic acids is 2. The van der Waals surface area contributed by atoms with Crippen LogP contribution >= 0.6 is 11.3 Å². The third-order valence-corrected chi connectivity index (χ3v) is 8.66. The van der Waals surface area contributed by atoms with Crippen molar-refractivity contribution in [1.82, 2.24) is 4.57 Å². The normalized spacial score (nSPS) is 16.2. The van der Waals surface area contributed by atoms with E-state index in [0.717, 1.165) is 35.1 Å². The molecule has 11 heteroatoms. The molecule has 0 fully saturated rings. The quantitative estimate of drug-likeness (QED) is 0.304. The number of aryl methyl sites for hydroxylation is 1. The Balaban J connectivity index is 0.00000103. The van der Waals surface area contributed by atoms with Crippen molar-refractivity contribution in [2.75, 3.05) is 12.0 Å². The van der Waals surface area contributed by atoms with Gasteiger partial charge in [-0.2, -0.15) is 0 Å². The van der Waals surface area contributed by atoms with Crippen LogP contribution in [0.2, 0.25) is 0 Å². The molecule has 1 N–H and O–H groups in total. The first-order chi connectivity index (χ1) is 22.4. The van der Waals surface area contributed by atoms with Crippen molar-refractivity contribution in [1.29, 1.82) is 0 Å². The zero-order valence-electron chi connectivity index (χ0n) is 26.9. The van der Waals surface area contributed by atoms with E-state index in [9.17, 15) is 14.4 Å². The van der Waals surface area contributed by atoms with E-state index in [1.54, 1.807) is 44.9 Å². The maximum atomic E-state index is 14.4. The Morgan fingerprint density at radius 1 is 0.979 bits per heavy atom. The number of amides is 1. The largest absolute Gasteiger partial charge is 0.497 e. The maximum Gasteiger partial charge on any atom is 0.338 e. The molecule has 10 nitrogen and oxygen atoms in total. The lowest BCUT2D eigenvalue weighted by Gasteiger charge is -2.25. The summed E-state index contributed by atoms with van der Waals surface area (Å²) in [6.45, 7) is 8.77. The van der Waals surface area contributed by atoms with E-state index in [0.29, 0.717) is 39.5 Å². The number of esters is 1. The number of nitrogens with zero attached hydrogens (tertiary/aromatic N) is 3. The van der Waals surface area contributed by atoms with Crippen molar-refractivity contribution in [2.45, 2.75) is 53.3 Å². The van der Waals surface area contributed by atoms with Crippen LogP contribution in [0, 0.1) is 6.92 Å². The van der Waals surface area contributed by atoms with Gasteiger partial charge in [-0.1, -0.05) is 71.5 Å². The van der Waals surface area contributed by atoms with Crippen LogP contribution in [0.5, 0.6) is 5.75 Å². The molecule has 6 rings (SSSR count). The molecule has 1 atom stereocenters. The summed E-state index contributed by atoms with van der Waals surface area (Å²) in [6.07, 6.45) is -0.358. The number of fused-ring (bicyclic) bond motifs is 2. The third-order valence-electron chi connectivity index (χ3n) is 7.60. The van der Waals surface area contributed by atoms with Crippen LogP contribution in [0.15, 0.2) is 93.9 Å². The molecule has 4 aromatic rings. The molecule has 1 amide bonds. The van der Waals surface area contributed by atoms with Crippen LogP contribution in [0.1, 0.15) is 56.0 Å². The lowest BCUT2D eigenvalue weighted by Crippen LogP contribution is -2.41. The Bertz CT molecular complexity index is 2070. The minimum absolute atomic E-state index is 0.247. The minimum Gasteiger partial charge on any atom is -0.497 e. The molecule has 1 aromatic heterocycles. The van der Waals surface area contributed by atoms with Crippen molar-refractivity contribution < 1.29 is 29.0 Å². The van der Waals surface area contributed by atoms with Crippen LogP contribution in [0.25, 0.3) is 5.57 Å². The molecule has 242 valence electrons. The van der Waals surface area contributed by atoms with Crippen LogP contribution in [0.4, 0.5) is 5.69 Å². The Morgan fingerprint density at radius 2 is 1.62 bits per heavy atom. The number of aromatic nitrogens is 1. The SMILES string of the molecule is CC(=O)O.COc1ccc(C2C(C(=O)OC(C)C)=C(C)N=c3s/c(=C4\C(=O)N(Cc5ccc(C)cc5)c5ccccc54)c(=O)n32)cc1. The number of aliphatic carboxylic acids is 1. The molecule has 0 spiro atoms. The molecular formula is C36H35N3O7S. The lowest BCUT2D eigenvalue weighted by atomic mass is 9.95. The number of para-hydroxylation sites is 1. The highest BCUT2D eigenvalue weighted by Gasteiger charge is 2.37. The minimum atomic E-state index is -0.833. The molecule has 47 heavy (non-hydrogen) atoms. The van der Waals surface area contributed by atoms with Gasteiger partial charge in [-0.05, 0) is 57.0 Å². The number of methoxy groups -OCH3 is 1. The van der Waals surface area contributed by atoms with Crippen LogP contribution in [0.3, 0.4) is 0 Å². The second-order valence-electron chi connectivity index (χ2n) is 11.4. The molecule has 0 saturated heterocycles. The Hall–Kier alpha value is -5.29. The standard InChI is InChI=1S/C34H31N3O5S.C2H4O2/c1-19(2)42-33(40)27-21(4)35-34-37(29(27)23-14-16-24(41-5)17-15-23)32(39)30(43-34)28-25-8-6-7-9-26(25)36(31(28)38)18-22-12-10-20(3)11-13-22;1-2(3)4/h6-17,19,29H,18H2,1-5H3;1H3,(H,3,4)/b30-28-;. The van der Waals surface area contributed by atoms with Crippen molar-refractivity contribution >= 4 is 40.4 Å². The van der Waals surface area contributed by atoms with Crippen molar-refractivity contribution in [2.24, 2.45) is 4.99 Å². The number of rotatable bonds is 6. The van der Waals surface area contributed by atoms with Gasteiger partial charge in [-0.3, -0.25) is 19.0 Å². The molecule has 2 aliphatic rings. The highest BCUT2D eigenvalue weighted by molar-refractivity contribution is 7.07. The van der Waals surface area contributed by atoms with Crippen molar-refractivity contribution in [3.63, 3.8) is 0 Å². The van der Waals surface area contributed by atoms with E-state index in [1.165, 1.54) is 4.57 Å². The maximum absolute atomic E-state index is 14.4. The Kier molecular flexibility index (Phi) is 9.57. The van der Waals surface area contributed by atoms with Crippen molar-refractivity contribution in [3.05, 3.63) is 126 Å². The van der Waals surface area contributed by atoms with Gasteiger partial charge >= 0.3 is 5.97 Å². The highest BCUT2D eigenvalue weighted by Crippen LogP contribution is 2.37. The predicted molar refractivity (Wildman–Crippen MR) is 179 cm³/mol. The Labute approximate surface area is 275 Å². The summed E-state index contributed by atoms with van der Waals surface area (Å²) in [4.78, 5) is 57.7. The van der Waals surface area contributed by atoms with Gasteiger partial charge in [0.25, 0.3) is 17.4 Å². The number of hydrogen-bond acceptors (Lipinski definition) is 8. The summed E-state index contributed by atoms with van der Waals surface area (Å²) in [5.74, 6) is -0.975. The average molecular weight is 654 g/mol. The fourth-order valence-corrected chi connectivity index (χ4v) is 6.68. The molecule has 3 heterocycles. The van der Waals surface area contributed by atoms with E-state index in [4.69, 9.17) is 24.4 Å². The smallest absolute Gasteiger partial charge is 0.338 e. The van der Waals surface area contributed by atoms with E-state index in [2.05, 4.69) is 0 Å². The summed E-state index contributed by atoms with van der Waals surface area (Å²) in [7, 11) is 1.58. The van der Waals surface area contributed by atoms with Gasteiger partial charge in [0, 0.05) is 12.5 Å². The molecule has 0 saturated carbocycles. The van der Waals surface area contributed by atoms with Gasteiger partial charge in [0.1, 0.15) is 10.3 Å². The molecular weight excluding hydrogens is 618 g/mol. The molecule has 0 radical (unpaired) electrons. The first kappa shape index (κ1) is 33.1. The fourth-order valence-electron chi connectivity index (χ4n) is 5.54. The van der Waals surface area contributed by atoms with Crippen LogP contribution in [-0.4, -0.2) is 40.7 Å². The second-order valence-corrected chi connectivity index (χ2v) is 12.4. The predicted octanol–water partition coefficient (Wildman–Crippen LogP) is 4.51. The number of allylic oxidation sites excluding steroid dienone is 1. The average Bonchev–Trinajstić information content (AvgIpc) is 3.48. The second kappa shape index (κ2) is 13.6. The number of anilines is 1. The van der Waals surface area contributed by atoms with Gasteiger partial charge in [0.15, 0.2) is 4.80 Å². The van der Waals surface area contributed by atoms with Gasteiger partial charge in [-0.25, -0.2) is 9.79 Å². The number of thiazole rings is 1. The van der Waals surface area contributed by atoms with E-state index >= 15 is 0 Å². The zero-order chi connectivity index (χ0) is 34.0.